The van der Waals surface area contributed by atoms with Crippen molar-refractivity contribution in [2.45, 2.75) is 33.2 Å². The first-order valence-corrected chi connectivity index (χ1v) is 9.88. The second-order valence-corrected chi connectivity index (χ2v) is 7.57. The summed E-state index contributed by atoms with van der Waals surface area (Å²) in [5, 5.41) is 20.5. The van der Waals surface area contributed by atoms with Gasteiger partial charge >= 0.3 is 0 Å². The number of benzene rings is 1. The van der Waals surface area contributed by atoms with Crippen LogP contribution < -0.4 is 20.3 Å². The minimum atomic E-state index is -0.619. The maximum absolute atomic E-state index is 9.87. The lowest BCUT2D eigenvalue weighted by molar-refractivity contribution is 0.206. The van der Waals surface area contributed by atoms with Crippen LogP contribution in [0.3, 0.4) is 0 Å². The van der Waals surface area contributed by atoms with Gasteiger partial charge in [0.05, 0.1) is 17.9 Å². The van der Waals surface area contributed by atoms with Crippen LogP contribution in [0.5, 0.6) is 5.75 Å². The van der Waals surface area contributed by atoms with Gasteiger partial charge in [-0.1, -0.05) is 12.1 Å². The molecule has 1 aliphatic heterocycles. The number of nitrogens with zero attached hydrogens (tertiary/aromatic N) is 5. The number of aromatic nitrogens is 4. The highest BCUT2D eigenvalue weighted by Gasteiger charge is 2.24. The summed E-state index contributed by atoms with van der Waals surface area (Å²) in [4.78, 5) is 11.0. The molecule has 158 valence electrons. The van der Waals surface area contributed by atoms with Gasteiger partial charge in [-0.3, -0.25) is 4.68 Å². The fourth-order valence-electron chi connectivity index (χ4n) is 3.48. The molecule has 1 aromatic carbocycles. The number of hydrogen-bond donors (Lipinski definition) is 3. The van der Waals surface area contributed by atoms with Crippen molar-refractivity contribution in [2.24, 2.45) is 7.05 Å². The van der Waals surface area contributed by atoms with Crippen LogP contribution in [0.25, 0.3) is 0 Å². The standard InChI is InChI=1S/C21H27N7O2/c1-13-16(10-28(4)26-13)12-30-17-7-5-15(6-8-17)9-22-21-23-14(2)19-20(25-21)27(3)11-18(29)24-19/h5-8,10,18,24,29H,9,11-12H2,1-4H3,(H,22,23,25). The third-order valence-electron chi connectivity index (χ3n) is 5.07. The number of aliphatic hydroxyl groups is 1. The fraction of sp³-hybridized carbons (Fsp3) is 0.381. The zero-order valence-electron chi connectivity index (χ0n) is 17.7. The predicted octanol–water partition coefficient (Wildman–Crippen LogP) is 2.20. The van der Waals surface area contributed by atoms with Gasteiger partial charge in [0.15, 0.2) is 5.82 Å². The molecule has 0 fully saturated rings. The molecule has 1 unspecified atom stereocenters. The van der Waals surface area contributed by atoms with E-state index in [9.17, 15) is 5.11 Å². The summed E-state index contributed by atoms with van der Waals surface area (Å²) in [6, 6.07) is 7.96. The average molecular weight is 409 g/mol. The highest BCUT2D eigenvalue weighted by molar-refractivity contribution is 5.71. The predicted molar refractivity (Wildman–Crippen MR) is 116 cm³/mol. The minimum Gasteiger partial charge on any atom is -0.489 e. The van der Waals surface area contributed by atoms with Crippen LogP contribution in [0.1, 0.15) is 22.5 Å². The monoisotopic (exact) mass is 409 g/mol. The Bertz CT molecular complexity index is 1030. The van der Waals surface area contributed by atoms with Crippen LogP contribution in [0.4, 0.5) is 17.5 Å². The molecule has 1 aliphatic rings. The van der Waals surface area contributed by atoms with E-state index >= 15 is 0 Å². The molecule has 30 heavy (non-hydrogen) atoms. The number of aliphatic hydroxyl groups excluding tert-OH is 1. The number of ether oxygens (including phenoxy) is 1. The van der Waals surface area contributed by atoms with E-state index in [0.29, 0.717) is 25.6 Å². The van der Waals surface area contributed by atoms with E-state index in [2.05, 4.69) is 25.7 Å². The molecule has 0 saturated carbocycles. The zero-order valence-corrected chi connectivity index (χ0v) is 17.7. The molecule has 0 radical (unpaired) electrons. The first-order valence-electron chi connectivity index (χ1n) is 9.88. The lowest BCUT2D eigenvalue weighted by Crippen LogP contribution is -2.40. The summed E-state index contributed by atoms with van der Waals surface area (Å²) in [5.41, 5.74) is 4.72. The van der Waals surface area contributed by atoms with Crippen molar-refractivity contribution in [1.29, 1.82) is 0 Å². The third-order valence-corrected chi connectivity index (χ3v) is 5.07. The van der Waals surface area contributed by atoms with Gasteiger partial charge in [0.25, 0.3) is 0 Å². The first kappa shape index (κ1) is 20.0. The summed E-state index contributed by atoms with van der Waals surface area (Å²) >= 11 is 0. The number of nitrogens with one attached hydrogen (secondary N) is 2. The summed E-state index contributed by atoms with van der Waals surface area (Å²) in [6.07, 6.45) is 1.35. The van der Waals surface area contributed by atoms with Gasteiger partial charge in [-0.15, -0.1) is 0 Å². The number of anilines is 3. The van der Waals surface area contributed by atoms with Crippen molar-refractivity contribution < 1.29 is 9.84 Å². The normalized spacial score (nSPS) is 15.5. The molecule has 0 bridgehead atoms. The Morgan fingerprint density at radius 3 is 2.63 bits per heavy atom. The van der Waals surface area contributed by atoms with Crippen LogP contribution in [-0.2, 0) is 20.2 Å². The van der Waals surface area contributed by atoms with Crippen LogP contribution in [0.15, 0.2) is 30.5 Å². The maximum atomic E-state index is 9.87. The topological polar surface area (TPSA) is 100 Å². The highest BCUT2D eigenvalue weighted by atomic mass is 16.5. The minimum absolute atomic E-state index is 0.475. The summed E-state index contributed by atoms with van der Waals surface area (Å²) in [6.45, 7) is 5.45. The van der Waals surface area contributed by atoms with E-state index in [0.717, 1.165) is 39.8 Å². The number of aryl methyl sites for hydroxylation is 3. The number of β-amino-alcohol motifs (C(OH)–C–C–N with tert-alkyl or cyclic N) is 1. The van der Waals surface area contributed by atoms with Crippen molar-refractivity contribution in [1.82, 2.24) is 19.7 Å². The SMILES string of the molecule is Cc1nn(C)cc1COc1ccc(CNc2nc(C)c3c(n2)N(C)CC(O)N3)cc1. The molecule has 3 N–H and O–H groups in total. The Balaban J connectivity index is 1.37. The van der Waals surface area contributed by atoms with Gasteiger partial charge in [0.2, 0.25) is 5.95 Å². The lowest BCUT2D eigenvalue weighted by atomic mass is 10.2. The molecule has 3 heterocycles. The highest BCUT2D eigenvalue weighted by Crippen LogP contribution is 2.30. The smallest absolute Gasteiger partial charge is 0.225 e. The largest absolute Gasteiger partial charge is 0.489 e. The molecular formula is C21H27N7O2. The van der Waals surface area contributed by atoms with Crippen LogP contribution in [0.2, 0.25) is 0 Å². The fourth-order valence-corrected chi connectivity index (χ4v) is 3.48. The van der Waals surface area contributed by atoms with Gasteiger partial charge in [0.1, 0.15) is 24.3 Å². The Morgan fingerprint density at radius 1 is 1.17 bits per heavy atom. The Hall–Kier alpha value is -3.33. The number of likely N-dealkylation sites (N-methyl/N-ethyl adjacent to an activating group) is 1. The molecule has 3 aromatic rings. The Labute approximate surface area is 175 Å². The maximum Gasteiger partial charge on any atom is 0.225 e. The first-order chi connectivity index (χ1) is 14.4. The van der Waals surface area contributed by atoms with Crippen LogP contribution in [-0.4, -0.2) is 44.7 Å². The van der Waals surface area contributed by atoms with Crippen LogP contribution >= 0.6 is 0 Å². The summed E-state index contributed by atoms with van der Waals surface area (Å²) in [5.74, 6) is 2.16. The molecule has 2 aromatic heterocycles. The molecule has 0 saturated heterocycles. The summed E-state index contributed by atoms with van der Waals surface area (Å²) in [7, 11) is 3.81. The van der Waals surface area contributed by atoms with E-state index in [-0.39, 0.29) is 0 Å². The van der Waals surface area contributed by atoms with Gasteiger partial charge < -0.3 is 25.4 Å². The van der Waals surface area contributed by atoms with Gasteiger partial charge in [0, 0.05) is 32.4 Å². The lowest BCUT2D eigenvalue weighted by Gasteiger charge is -2.31. The average Bonchev–Trinajstić information content (AvgIpc) is 3.03. The van der Waals surface area contributed by atoms with E-state index < -0.39 is 6.23 Å². The molecule has 0 amide bonds. The molecular weight excluding hydrogens is 382 g/mol. The number of hydrogen-bond acceptors (Lipinski definition) is 8. The van der Waals surface area contributed by atoms with Crippen molar-refractivity contribution in [3.8, 4) is 5.75 Å². The second-order valence-electron chi connectivity index (χ2n) is 7.57. The quantitative estimate of drug-likeness (QED) is 0.570. The zero-order chi connectivity index (χ0) is 21.3. The Kier molecular flexibility index (Phi) is 5.45. The second kappa shape index (κ2) is 8.19. The number of fused-ring (bicyclic) bond motifs is 1. The van der Waals surface area contributed by atoms with Gasteiger partial charge in [-0.25, -0.2) is 4.98 Å². The molecule has 9 heteroatoms. The molecule has 0 aliphatic carbocycles. The van der Waals surface area contributed by atoms with Crippen LogP contribution in [0, 0.1) is 13.8 Å². The van der Waals surface area contributed by atoms with E-state index in [4.69, 9.17) is 4.74 Å². The third kappa shape index (κ3) is 4.30. The van der Waals surface area contributed by atoms with Crippen molar-refractivity contribution in [3.05, 3.63) is 53.0 Å². The molecule has 0 spiro atoms. The van der Waals surface area contributed by atoms with Gasteiger partial charge in [-0.2, -0.15) is 10.1 Å². The van der Waals surface area contributed by atoms with E-state index in [1.165, 1.54) is 0 Å². The van der Waals surface area contributed by atoms with Crippen molar-refractivity contribution in [2.75, 3.05) is 29.1 Å². The van der Waals surface area contributed by atoms with Crippen molar-refractivity contribution >= 4 is 17.5 Å². The van der Waals surface area contributed by atoms with Crippen molar-refractivity contribution in [3.63, 3.8) is 0 Å². The summed E-state index contributed by atoms with van der Waals surface area (Å²) < 4.78 is 7.67. The van der Waals surface area contributed by atoms with Gasteiger partial charge in [-0.05, 0) is 31.5 Å². The van der Waals surface area contributed by atoms with E-state index in [1.54, 1.807) is 4.68 Å². The molecule has 1 atom stereocenters. The molecule has 9 nitrogen and oxygen atoms in total. The molecule has 4 rings (SSSR count). The Morgan fingerprint density at radius 2 is 1.93 bits per heavy atom. The van der Waals surface area contributed by atoms with E-state index in [1.807, 2.05) is 63.3 Å². The number of rotatable bonds is 6.